The van der Waals surface area contributed by atoms with Crippen LogP contribution in [0.1, 0.15) is 27.7 Å². The molecule has 1 aliphatic carbocycles. The fourth-order valence-corrected chi connectivity index (χ4v) is 5.58. The number of carbonyl (C=O) groups excluding carboxylic acids is 1. The molecule has 0 radical (unpaired) electrons. The van der Waals surface area contributed by atoms with Crippen LogP contribution in [0.3, 0.4) is 0 Å². The van der Waals surface area contributed by atoms with Crippen molar-refractivity contribution >= 4 is 5.91 Å². The highest BCUT2D eigenvalue weighted by Crippen LogP contribution is 2.48. The Hall–Kier alpha value is -4.51. The van der Waals surface area contributed by atoms with Gasteiger partial charge < -0.3 is 19.2 Å². The van der Waals surface area contributed by atoms with E-state index in [9.17, 15) is 19.1 Å². The molecular weight excluding hydrogens is 486 g/mol. The number of rotatable bonds is 1. The highest BCUT2D eigenvalue weighted by Gasteiger charge is 2.47. The maximum atomic E-state index is 15.5. The minimum Gasteiger partial charge on any atom is -0.502 e. The van der Waals surface area contributed by atoms with E-state index in [2.05, 4.69) is 4.98 Å². The van der Waals surface area contributed by atoms with Gasteiger partial charge in [-0.3, -0.25) is 19.3 Å². The van der Waals surface area contributed by atoms with Crippen molar-refractivity contribution in [3.8, 4) is 28.3 Å². The lowest BCUT2D eigenvalue weighted by Gasteiger charge is -2.51. The largest absolute Gasteiger partial charge is 0.502 e. The second-order valence-corrected chi connectivity index (χ2v) is 9.00. The number of halogens is 2. The van der Waals surface area contributed by atoms with Crippen molar-refractivity contribution in [1.29, 1.82) is 0 Å². The molecule has 4 aromatic rings. The summed E-state index contributed by atoms with van der Waals surface area (Å²) in [6.07, 6.45) is 1.89. The Morgan fingerprint density at radius 3 is 2.76 bits per heavy atom. The van der Waals surface area contributed by atoms with Crippen LogP contribution in [0, 0.1) is 11.6 Å². The number of pyridine rings is 1. The fraction of sp³-hybridized carbons (Fsp3) is 0.192. The van der Waals surface area contributed by atoms with Crippen LogP contribution in [-0.2, 0) is 4.74 Å². The van der Waals surface area contributed by atoms with E-state index in [0.717, 1.165) is 12.1 Å². The number of aromatic hydroxyl groups is 1. The molecule has 186 valence electrons. The predicted molar refractivity (Wildman–Crippen MR) is 125 cm³/mol. The second kappa shape index (κ2) is 7.74. The van der Waals surface area contributed by atoms with E-state index < -0.39 is 40.9 Å². The van der Waals surface area contributed by atoms with E-state index in [0.29, 0.717) is 16.7 Å². The van der Waals surface area contributed by atoms with E-state index in [1.807, 2.05) is 6.07 Å². The molecule has 0 spiro atoms. The Morgan fingerprint density at radius 2 is 1.89 bits per heavy atom. The summed E-state index contributed by atoms with van der Waals surface area (Å²) in [6, 6.07) is 10.1. The van der Waals surface area contributed by atoms with Gasteiger partial charge in [0.2, 0.25) is 5.43 Å². The number of hydrogen-bond donors (Lipinski definition) is 1. The fourth-order valence-electron chi connectivity index (χ4n) is 5.58. The van der Waals surface area contributed by atoms with Gasteiger partial charge in [0, 0.05) is 29.9 Å². The van der Waals surface area contributed by atoms with E-state index in [1.165, 1.54) is 28.2 Å². The minimum atomic E-state index is -1.08. The molecule has 3 aliphatic rings. The number of morpholine rings is 1. The number of aromatic nitrogens is 2. The molecule has 1 N–H and O–H groups in total. The van der Waals surface area contributed by atoms with Crippen LogP contribution in [-0.4, -0.2) is 51.5 Å². The van der Waals surface area contributed by atoms with Gasteiger partial charge in [0.1, 0.15) is 11.9 Å². The van der Waals surface area contributed by atoms with Crippen LogP contribution in [0.4, 0.5) is 8.78 Å². The molecule has 2 aromatic heterocycles. The molecule has 2 unspecified atom stereocenters. The first-order valence-corrected chi connectivity index (χ1v) is 11.6. The summed E-state index contributed by atoms with van der Waals surface area (Å²) < 4.78 is 43.0. The third-order valence-corrected chi connectivity index (χ3v) is 7.17. The van der Waals surface area contributed by atoms with Crippen molar-refractivity contribution in [2.24, 2.45) is 0 Å². The molecule has 0 bridgehead atoms. The Morgan fingerprint density at radius 1 is 1.05 bits per heavy atom. The van der Waals surface area contributed by atoms with Gasteiger partial charge in [-0.1, -0.05) is 30.3 Å². The van der Waals surface area contributed by atoms with Crippen LogP contribution in [0.25, 0.3) is 22.6 Å². The van der Waals surface area contributed by atoms with Gasteiger partial charge in [-0.2, -0.15) is 0 Å². The van der Waals surface area contributed by atoms with Crippen molar-refractivity contribution in [1.82, 2.24) is 14.6 Å². The van der Waals surface area contributed by atoms with Gasteiger partial charge >= 0.3 is 0 Å². The average Bonchev–Trinajstić information content (AvgIpc) is 3.35. The first-order chi connectivity index (χ1) is 18.0. The first-order valence-electron chi connectivity index (χ1n) is 11.6. The highest BCUT2D eigenvalue weighted by molar-refractivity contribution is 5.96. The van der Waals surface area contributed by atoms with Gasteiger partial charge in [-0.25, -0.2) is 13.8 Å². The van der Waals surface area contributed by atoms with Crippen molar-refractivity contribution < 1.29 is 27.8 Å². The average molecular weight is 504 g/mol. The lowest BCUT2D eigenvalue weighted by Crippen LogP contribution is -2.66. The molecule has 2 aromatic carbocycles. The smallest absolute Gasteiger partial charge is 0.278 e. The molecule has 11 heteroatoms. The molecular formula is C26H18F2N4O5. The monoisotopic (exact) mass is 504 g/mol. The van der Waals surface area contributed by atoms with E-state index in [-0.39, 0.29) is 42.5 Å². The normalized spacial score (nSPS) is 19.9. The number of nitrogens with zero attached hydrogens (tertiary/aromatic N) is 4. The molecule has 1 fully saturated rings. The Kier molecular flexibility index (Phi) is 4.55. The van der Waals surface area contributed by atoms with E-state index in [4.69, 9.17) is 9.15 Å². The van der Waals surface area contributed by atoms with Gasteiger partial charge in [0.15, 0.2) is 35.2 Å². The lowest BCUT2D eigenvalue weighted by atomic mass is 9.92. The van der Waals surface area contributed by atoms with Crippen LogP contribution in [0.2, 0.25) is 0 Å². The number of benzene rings is 2. The topological polar surface area (TPSA) is 101 Å². The summed E-state index contributed by atoms with van der Waals surface area (Å²) in [5.41, 5.74) is 0.780. The SMILES string of the molecule is O=C1c2c(O)c(=O)ccn2N(C2c3ccccc3-c3ocnc3-c3c2ccc(F)c3F)C2COCCN12. The maximum Gasteiger partial charge on any atom is 0.278 e. The van der Waals surface area contributed by atoms with Crippen molar-refractivity contribution in [3.63, 3.8) is 0 Å². The molecule has 2 aliphatic heterocycles. The van der Waals surface area contributed by atoms with Gasteiger partial charge in [0.25, 0.3) is 5.91 Å². The number of ether oxygens (including phenoxy) is 1. The van der Waals surface area contributed by atoms with E-state index in [1.54, 1.807) is 23.2 Å². The zero-order valence-electron chi connectivity index (χ0n) is 19.1. The van der Waals surface area contributed by atoms with Crippen LogP contribution >= 0.6 is 0 Å². The molecule has 1 amide bonds. The molecule has 0 saturated carbocycles. The Balaban J connectivity index is 1.59. The summed E-state index contributed by atoms with van der Waals surface area (Å²) in [4.78, 5) is 31.5. The number of hydrogen-bond acceptors (Lipinski definition) is 7. The standard InChI is InChI=1S/C26H18F2N4O5/c27-16-6-5-15-19(20(16)28)21-25(37-12-29-21)14-4-2-1-3-13(14)22(15)32-18-11-36-10-9-30(18)26(35)23-24(34)17(33)7-8-31(23)32/h1-8,12,18,22,34H,9-11H2. The zero-order valence-corrected chi connectivity index (χ0v) is 19.1. The van der Waals surface area contributed by atoms with Gasteiger partial charge in [-0.05, 0) is 17.2 Å². The molecule has 9 nitrogen and oxygen atoms in total. The number of fused-ring (bicyclic) bond motifs is 7. The summed E-state index contributed by atoms with van der Waals surface area (Å²) >= 11 is 0. The molecule has 37 heavy (non-hydrogen) atoms. The third kappa shape index (κ3) is 2.88. The first kappa shape index (κ1) is 21.7. The lowest BCUT2D eigenvalue weighted by molar-refractivity contribution is -0.0196. The zero-order chi connectivity index (χ0) is 25.4. The Bertz CT molecular complexity index is 1670. The predicted octanol–water partition coefficient (Wildman–Crippen LogP) is 3.01. The van der Waals surface area contributed by atoms with Crippen molar-refractivity contribution in [3.05, 3.63) is 93.7 Å². The van der Waals surface area contributed by atoms with Crippen LogP contribution in [0.15, 0.2) is 64.3 Å². The molecule has 7 rings (SSSR count). The quantitative estimate of drug-likeness (QED) is 0.425. The van der Waals surface area contributed by atoms with Crippen molar-refractivity contribution in [2.75, 3.05) is 24.8 Å². The molecule has 1 saturated heterocycles. The summed E-state index contributed by atoms with van der Waals surface area (Å²) in [7, 11) is 0. The van der Waals surface area contributed by atoms with Crippen molar-refractivity contribution in [2.45, 2.75) is 12.2 Å². The summed E-state index contributed by atoms with van der Waals surface area (Å²) in [5, 5.41) is 12.4. The Labute approximate surface area is 207 Å². The third-order valence-electron chi connectivity index (χ3n) is 7.17. The van der Waals surface area contributed by atoms with Gasteiger partial charge in [-0.15, -0.1) is 0 Å². The summed E-state index contributed by atoms with van der Waals surface area (Å²) in [5.74, 6) is -3.07. The van der Waals surface area contributed by atoms with Crippen LogP contribution < -0.4 is 10.4 Å². The minimum absolute atomic E-state index is 0.0723. The van der Waals surface area contributed by atoms with E-state index >= 15 is 4.39 Å². The maximum absolute atomic E-state index is 15.5. The number of amides is 1. The molecule has 2 atom stereocenters. The highest BCUT2D eigenvalue weighted by atomic mass is 19.2. The number of carbonyl (C=O) groups is 1. The van der Waals surface area contributed by atoms with Crippen LogP contribution in [0.5, 0.6) is 5.75 Å². The van der Waals surface area contributed by atoms with Gasteiger partial charge in [0.05, 0.1) is 19.3 Å². The molecule has 4 heterocycles. The second-order valence-electron chi connectivity index (χ2n) is 9.00. The number of oxazole rings is 1. The summed E-state index contributed by atoms with van der Waals surface area (Å²) in [6.45, 7) is 0.589.